The molecule has 3 amide bonds. The van der Waals surface area contributed by atoms with Gasteiger partial charge in [0.05, 0.1) is 17.8 Å². The molecular weight excluding hydrogens is 338 g/mol. The number of pyridine rings is 1. The topological polar surface area (TPSA) is 104 Å². The molecule has 9 nitrogen and oxygen atoms in total. The summed E-state index contributed by atoms with van der Waals surface area (Å²) in [6.45, 7) is 6.52. The molecule has 2 N–H and O–H groups in total. The van der Waals surface area contributed by atoms with E-state index >= 15 is 0 Å². The first-order chi connectivity index (χ1) is 12.2. The normalized spacial score (nSPS) is 19.2. The van der Waals surface area contributed by atoms with E-state index in [2.05, 4.69) is 15.6 Å². The molecule has 9 heteroatoms. The highest BCUT2D eigenvalue weighted by atomic mass is 16.6. The van der Waals surface area contributed by atoms with Gasteiger partial charge in [-0.05, 0) is 26.8 Å². The average Bonchev–Trinajstić information content (AvgIpc) is 2.59. The molecule has 3 heterocycles. The first-order valence-corrected chi connectivity index (χ1v) is 8.47. The number of aromatic nitrogens is 1. The van der Waals surface area contributed by atoms with Crippen LogP contribution in [0.25, 0.3) is 0 Å². The smallest absolute Gasteiger partial charge is 0.410 e. The lowest BCUT2D eigenvalue weighted by molar-refractivity contribution is -0.118. The second kappa shape index (κ2) is 6.47. The highest BCUT2D eigenvalue weighted by Crippen LogP contribution is 2.32. The van der Waals surface area contributed by atoms with Crippen LogP contribution in [0, 0.1) is 0 Å². The molecular formula is C17H23N5O4. The molecule has 1 unspecified atom stereocenters. The van der Waals surface area contributed by atoms with Crippen molar-refractivity contribution in [1.82, 2.24) is 15.2 Å². The predicted molar refractivity (Wildman–Crippen MR) is 95.2 cm³/mol. The second-order valence-electron chi connectivity index (χ2n) is 7.30. The van der Waals surface area contributed by atoms with E-state index in [-0.39, 0.29) is 18.4 Å². The number of anilines is 2. The highest BCUT2D eigenvalue weighted by Gasteiger charge is 2.40. The van der Waals surface area contributed by atoms with Crippen LogP contribution >= 0.6 is 0 Å². The third-order valence-corrected chi connectivity index (χ3v) is 4.22. The van der Waals surface area contributed by atoms with Crippen LogP contribution in [0.5, 0.6) is 0 Å². The molecule has 1 atom stereocenters. The highest BCUT2D eigenvalue weighted by molar-refractivity contribution is 6.05. The minimum absolute atomic E-state index is 0.221. The molecule has 1 saturated heterocycles. The van der Waals surface area contributed by atoms with Crippen molar-refractivity contribution in [2.45, 2.75) is 32.4 Å². The van der Waals surface area contributed by atoms with Crippen molar-refractivity contribution in [3.05, 3.63) is 17.8 Å². The van der Waals surface area contributed by atoms with Gasteiger partial charge in [-0.1, -0.05) is 0 Å². The monoisotopic (exact) mass is 361 g/mol. The minimum Gasteiger partial charge on any atom is -0.444 e. The van der Waals surface area contributed by atoms with E-state index in [0.29, 0.717) is 30.2 Å². The molecule has 0 aliphatic carbocycles. The summed E-state index contributed by atoms with van der Waals surface area (Å²) in [6, 6.07) is 1.07. The Morgan fingerprint density at radius 1 is 1.35 bits per heavy atom. The molecule has 0 radical (unpaired) electrons. The summed E-state index contributed by atoms with van der Waals surface area (Å²) in [5, 5.41) is 5.31. The Hall–Kier alpha value is -2.84. The number of carbonyl (C=O) groups is 3. The standard InChI is InChI=1S/C17H23N5O4/c1-17(2,3)26-16(25)21-5-6-22-12(9-21)15(24)20-11-7-10(14(23)18-4)8-19-13(11)22/h7-8,12H,5-6,9H2,1-4H3,(H,18,23)(H,20,24). The Labute approximate surface area is 151 Å². The van der Waals surface area contributed by atoms with Crippen molar-refractivity contribution in [3.63, 3.8) is 0 Å². The third-order valence-electron chi connectivity index (χ3n) is 4.22. The molecule has 3 rings (SSSR count). The van der Waals surface area contributed by atoms with E-state index in [1.54, 1.807) is 26.8 Å². The largest absolute Gasteiger partial charge is 0.444 e. The zero-order valence-electron chi connectivity index (χ0n) is 15.3. The lowest BCUT2D eigenvalue weighted by atomic mass is 10.1. The summed E-state index contributed by atoms with van der Waals surface area (Å²) in [6.07, 6.45) is 1.05. The third kappa shape index (κ3) is 3.42. The minimum atomic E-state index is -0.590. The Morgan fingerprint density at radius 2 is 2.08 bits per heavy atom. The zero-order valence-corrected chi connectivity index (χ0v) is 15.3. The van der Waals surface area contributed by atoms with Crippen molar-refractivity contribution >= 4 is 29.4 Å². The summed E-state index contributed by atoms with van der Waals surface area (Å²) >= 11 is 0. The number of carbonyl (C=O) groups excluding carboxylic acids is 3. The van der Waals surface area contributed by atoms with Gasteiger partial charge in [-0.15, -0.1) is 0 Å². The van der Waals surface area contributed by atoms with E-state index in [1.165, 1.54) is 18.1 Å². The molecule has 1 fully saturated rings. The van der Waals surface area contributed by atoms with Gasteiger partial charge in [0.25, 0.3) is 5.91 Å². The number of amides is 3. The Morgan fingerprint density at radius 3 is 2.73 bits per heavy atom. The van der Waals surface area contributed by atoms with E-state index < -0.39 is 17.7 Å². The molecule has 0 aromatic carbocycles. The van der Waals surface area contributed by atoms with Crippen LogP contribution in [-0.4, -0.2) is 66.1 Å². The van der Waals surface area contributed by atoms with E-state index in [4.69, 9.17) is 4.74 Å². The zero-order chi connectivity index (χ0) is 19.1. The molecule has 1 aromatic rings. The van der Waals surface area contributed by atoms with Gasteiger partial charge in [0.2, 0.25) is 5.91 Å². The Kier molecular flexibility index (Phi) is 4.47. The quantitative estimate of drug-likeness (QED) is 0.767. The number of nitrogens with zero attached hydrogens (tertiary/aromatic N) is 3. The molecule has 140 valence electrons. The molecule has 0 saturated carbocycles. The summed E-state index contributed by atoms with van der Waals surface area (Å²) in [5.74, 6) is 0.0964. The summed E-state index contributed by atoms with van der Waals surface area (Å²) < 4.78 is 5.39. The summed E-state index contributed by atoms with van der Waals surface area (Å²) in [7, 11) is 1.53. The molecule has 0 bridgehead atoms. The van der Waals surface area contributed by atoms with Gasteiger partial charge in [0.15, 0.2) is 5.82 Å². The van der Waals surface area contributed by atoms with Crippen molar-refractivity contribution in [1.29, 1.82) is 0 Å². The van der Waals surface area contributed by atoms with Crippen LogP contribution < -0.4 is 15.5 Å². The van der Waals surface area contributed by atoms with Crippen LogP contribution in [0.1, 0.15) is 31.1 Å². The van der Waals surface area contributed by atoms with Crippen molar-refractivity contribution < 1.29 is 19.1 Å². The van der Waals surface area contributed by atoms with Gasteiger partial charge in [0.1, 0.15) is 11.6 Å². The summed E-state index contributed by atoms with van der Waals surface area (Å²) in [5.41, 5.74) is 0.281. The number of hydrogen-bond donors (Lipinski definition) is 2. The van der Waals surface area contributed by atoms with Crippen molar-refractivity contribution in [2.75, 3.05) is 36.9 Å². The number of hydrogen-bond acceptors (Lipinski definition) is 6. The van der Waals surface area contributed by atoms with Gasteiger partial charge in [-0.3, -0.25) is 9.59 Å². The lowest BCUT2D eigenvalue weighted by Gasteiger charge is -2.44. The maximum Gasteiger partial charge on any atom is 0.410 e. The predicted octanol–water partition coefficient (Wildman–Crippen LogP) is 0.819. The first kappa shape index (κ1) is 18.0. The van der Waals surface area contributed by atoms with Gasteiger partial charge >= 0.3 is 6.09 Å². The van der Waals surface area contributed by atoms with Gasteiger partial charge in [-0.2, -0.15) is 0 Å². The SMILES string of the molecule is CNC(=O)c1cnc2c(c1)NC(=O)C1CN(C(=O)OC(C)(C)C)CCN21. The first-order valence-electron chi connectivity index (χ1n) is 8.47. The van der Waals surface area contributed by atoms with Crippen molar-refractivity contribution in [3.8, 4) is 0 Å². The molecule has 2 aliphatic heterocycles. The van der Waals surface area contributed by atoms with Crippen LogP contribution in [0.2, 0.25) is 0 Å². The van der Waals surface area contributed by atoms with E-state index in [0.717, 1.165) is 0 Å². The maximum atomic E-state index is 12.5. The van der Waals surface area contributed by atoms with Gasteiger partial charge in [-0.25, -0.2) is 9.78 Å². The molecule has 2 aliphatic rings. The Balaban J connectivity index is 1.80. The number of piperazine rings is 1. The van der Waals surface area contributed by atoms with Crippen LogP contribution in [0.4, 0.5) is 16.3 Å². The Bertz CT molecular complexity index is 758. The molecule has 26 heavy (non-hydrogen) atoms. The molecule has 0 spiro atoms. The average molecular weight is 361 g/mol. The fraction of sp³-hybridized carbons (Fsp3) is 0.529. The number of ether oxygens (including phenoxy) is 1. The van der Waals surface area contributed by atoms with Gasteiger partial charge < -0.3 is 25.2 Å². The van der Waals surface area contributed by atoms with E-state index in [1.807, 2.05) is 4.90 Å². The number of rotatable bonds is 1. The number of fused-ring (bicyclic) bond motifs is 3. The summed E-state index contributed by atoms with van der Waals surface area (Å²) in [4.78, 5) is 44.3. The second-order valence-corrected chi connectivity index (χ2v) is 7.30. The maximum absolute atomic E-state index is 12.5. The van der Waals surface area contributed by atoms with Crippen LogP contribution in [0.15, 0.2) is 12.3 Å². The van der Waals surface area contributed by atoms with Crippen molar-refractivity contribution in [2.24, 2.45) is 0 Å². The lowest BCUT2D eigenvalue weighted by Crippen LogP contribution is -2.61. The van der Waals surface area contributed by atoms with Gasteiger partial charge in [0, 0.05) is 26.3 Å². The fourth-order valence-electron chi connectivity index (χ4n) is 3.02. The fourth-order valence-corrected chi connectivity index (χ4v) is 3.02. The van der Waals surface area contributed by atoms with Crippen LogP contribution in [-0.2, 0) is 9.53 Å². The van der Waals surface area contributed by atoms with E-state index in [9.17, 15) is 14.4 Å². The molecule has 1 aromatic heterocycles. The number of nitrogens with one attached hydrogen (secondary N) is 2. The van der Waals surface area contributed by atoms with Crippen LogP contribution in [0.3, 0.4) is 0 Å².